The van der Waals surface area contributed by atoms with Crippen molar-refractivity contribution >= 4 is 49.0 Å². The molecule has 3 aliphatic heterocycles. The summed E-state index contributed by atoms with van der Waals surface area (Å²) in [5, 5.41) is 22.3. The number of nitrogens with one attached hydrogen (secondary N) is 1. The topological polar surface area (TPSA) is 140 Å². The third kappa shape index (κ3) is 5.74. The molecule has 0 aromatic heterocycles. The maximum Gasteiger partial charge on any atom is 0.264 e. The molecule has 0 radical (unpaired) electrons. The van der Waals surface area contributed by atoms with Gasteiger partial charge in [-0.15, -0.1) is 0 Å². The molecule has 0 bridgehead atoms. The van der Waals surface area contributed by atoms with Gasteiger partial charge in [-0.1, -0.05) is 30.7 Å². The molecule has 6 atom stereocenters. The quantitative estimate of drug-likeness (QED) is 0.328. The van der Waals surface area contributed by atoms with E-state index in [-0.39, 0.29) is 37.4 Å². The third-order valence-corrected chi connectivity index (χ3v) is 11.9. The number of carbonyl (C=O) groups is 3. The van der Waals surface area contributed by atoms with Crippen molar-refractivity contribution in [2.75, 3.05) is 23.4 Å². The summed E-state index contributed by atoms with van der Waals surface area (Å²) in [6, 6.07) is 12.0. The summed E-state index contributed by atoms with van der Waals surface area (Å²) in [4.78, 5) is 54.7. The molecule has 12 heteroatoms. The second kappa shape index (κ2) is 11.9. The molecule has 5 rings (SSSR count). The highest BCUT2D eigenvalue weighted by Gasteiger charge is 2.66. The van der Waals surface area contributed by atoms with Gasteiger partial charge in [-0.3, -0.25) is 14.4 Å². The predicted octanol–water partition coefficient (Wildman–Crippen LogP) is 3.38. The van der Waals surface area contributed by atoms with Crippen LogP contribution in [0.2, 0.25) is 23.7 Å². The summed E-state index contributed by atoms with van der Waals surface area (Å²) < 4.78 is 6.75. The summed E-state index contributed by atoms with van der Waals surface area (Å²) in [6.07, 6.45) is -0.268. The number of halogens is 1. The zero-order chi connectivity index (χ0) is 31.3. The monoisotopic (exact) mass is 629 g/mol. The smallest absolute Gasteiger partial charge is 0.264 e. The molecule has 10 nitrogen and oxygen atoms in total. The molecule has 2 aromatic rings. The standard InChI is InChI=1S/C31H40ClN3O7Si/c1-18-28(43(3,4)41)26(15-27(38)34-13-5-6-23(34)17-36)42-31(18)24-14-21(32)9-12-25(24)35(30(31)40)16-20-7-10-22(11-8-20)33-29(39)19(2)37/h7-12,14,18-19,23,26,28,36-37,41H,5-6,13,15-17H2,1-4H3,(H,33,39)/t18-,19+,23+,26+,28-,31+/m1/s1. The highest BCUT2D eigenvalue weighted by molar-refractivity contribution is 6.71. The summed E-state index contributed by atoms with van der Waals surface area (Å²) in [5.74, 6) is -1.39. The summed E-state index contributed by atoms with van der Waals surface area (Å²) in [7, 11) is -2.97. The Morgan fingerprint density at radius 3 is 2.53 bits per heavy atom. The second-order valence-corrected chi connectivity index (χ2v) is 17.0. The largest absolute Gasteiger partial charge is 0.432 e. The van der Waals surface area contributed by atoms with E-state index in [2.05, 4.69) is 5.32 Å². The first-order chi connectivity index (χ1) is 20.3. The summed E-state index contributed by atoms with van der Waals surface area (Å²) in [6.45, 7) is 7.61. The van der Waals surface area contributed by atoms with E-state index in [0.29, 0.717) is 28.5 Å². The van der Waals surface area contributed by atoms with Crippen LogP contribution in [0.5, 0.6) is 0 Å². The highest BCUT2D eigenvalue weighted by atomic mass is 35.5. The van der Waals surface area contributed by atoms with Gasteiger partial charge in [0, 0.05) is 34.3 Å². The normalized spacial score (nSPS) is 27.6. The number of anilines is 2. The number of rotatable bonds is 8. The number of hydrogen-bond donors (Lipinski definition) is 4. The Morgan fingerprint density at radius 2 is 1.91 bits per heavy atom. The van der Waals surface area contributed by atoms with Crippen LogP contribution in [0.25, 0.3) is 0 Å². The number of aliphatic hydroxyl groups is 2. The lowest BCUT2D eigenvalue weighted by molar-refractivity contribution is -0.150. The van der Waals surface area contributed by atoms with Gasteiger partial charge in [-0.2, -0.15) is 0 Å². The molecule has 3 aliphatic rings. The molecule has 1 spiro atoms. The zero-order valence-corrected chi connectivity index (χ0v) is 26.7. The van der Waals surface area contributed by atoms with E-state index >= 15 is 0 Å². The number of fused-ring (bicyclic) bond motifs is 2. The van der Waals surface area contributed by atoms with E-state index in [1.54, 1.807) is 52.3 Å². The van der Waals surface area contributed by atoms with Crippen LogP contribution < -0.4 is 10.2 Å². The van der Waals surface area contributed by atoms with Crippen molar-refractivity contribution in [2.24, 2.45) is 5.92 Å². The van der Waals surface area contributed by atoms with E-state index in [1.807, 2.05) is 20.0 Å². The van der Waals surface area contributed by atoms with Crippen molar-refractivity contribution in [3.05, 3.63) is 58.6 Å². The minimum Gasteiger partial charge on any atom is -0.432 e. The SMILES string of the molecule is C[C@H](O)C(=O)Nc1ccc(CN2C(=O)[C@@]3(O[C@@H](CC(=O)N4CCC[C@H]4CO)[C@H]([Si](C)(C)O)[C@H]3C)c3cc(Cl)ccc32)cc1. The van der Waals surface area contributed by atoms with Crippen molar-refractivity contribution in [1.82, 2.24) is 4.90 Å². The number of likely N-dealkylation sites (tertiary alicyclic amines) is 1. The van der Waals surface area contributed by atoms with Crippen LogP contribution in [-0.2, 0) is 31.3 Å². The molecule has 3 heterocycles. The average Bonchev–Trinajstić information content (AvgIpc) is 3.60. The van der Waals surface area contributed by atoms with Crippen LogP contribution in [-0.4, -0.2) is 77.3 Å². The van der Waals surface area contributed by atoms with Crippen molar-refractivity contribution in [3.63, 3.8) is 0 Å². The molecule has 43 heavy (non-hydrogen) atoms. The van der Waals surface area contributed by atoms with E-state index in [4.69, 9.17) is 16.3 Å². The fourth-order valence-electron chi connectivity index (χ4n) is 7.17. The Hall–Kier alpha value is -2.80. The number of carbonyl (C=O) groups excluding carboxylic acids is 3. The van der Waals surface area contributed by atoms with E-state index in [1.165, 1.54) is 6.92 Å². The number of hydrogen-bond acceptors (Lipinski definition) is 7. The maximum atomic E-state index is 14.5. The van der Waals surface area contributed by atoms with Crippen molar-refractivity contribution in [1.29, 1.82) is 0 Å². The minimum atomic E-state index is -2.97. The van der Waals surface area contributed by atoms with Gasteiger partial charge in [0.25, 0.3) is 11.8 Å². The van der Waals surface area contributed by atoms with Gasteiger partial charge in [-0.25, -0.2) is 0 Å². The van der Waals surface area contributed by atoms with Crippen molar-refractivity contribution in [3.8, 4) is 0 Å². The van der Waals surface area contributed by atoms with Gasteiger partial charge in [0.1, 0.15) is 6.10 Å². The molecular formula is C31H40ClN3O7Si. The van der Waals surface area contributed by atoms with Gasteiger partial charge in [0.15, 0.2) is 13.9 Å². The average molecular weight is 630 g/mol. The summed E-state index contributed by atoms with van der Waals surface area (Å²) >= 11 is 6.47. The number of aliphatic hydroxyl groups excluding tert-OH is 2. The van der Waals surface area contributed by atoms with Gasteiger partial charge in [0.2, 0.25) is 5.91 Å². The van der Waals surface area contributed by atoms with Gasteiger partial charge in [0.05, 0.1) is 37.4 Å². The number of nitrogens with zero attached hydrogens (tertiary/aromatic N) is 2. The van der Waals surface area contributed by atoms with Gasteiger partial charge in [-0.05, 0) is 68.8 Å². The van der Waals surface area contributed by atoms with Crippen LogP contribution in [0.3, 0.4) is 0 Å². The van der Waals surface area contributed by atoms with Gasteiger partial charge < -0.3 is 34.9 Å². The maximum absolute atomic E-state index is 14.5. The van der Waals surface area contributed by atoms with Crippen molar-refractivity contribution < 1.29 is 34.1 Å². The molecule has 4 N–H and O–H groups in total. The Balaban J connectivity index is 1.47. The first-order valence-electron chi connectivity index (χ1n) is 14.8. The first kappa shape index (κ1) is 31.6. The summed E-state index contributed by atoms with van der Waals surface area (Å²) in [5.41, 5.74) is 0.734. The van der Waals surface area contributed by atoms with Crippen LogP contribution in [0, 0.1) is 5.92 Å². The van der Waals surface area contributed by atoms with E-state index in [0.717, 1.165) is 18.4 Å². The lowest BCUT2D eigenvalue weighted by atomic mass is 9.82. The predicted molar refractivity (Wildman–Crippen MR) is 165 cm³/mol. The molecule has 0 unspecified atom stereocenters. The molecule has 2 saturated heterocycles. The molecule has 2 aromatic carbocycles. The van der Waals surface area contributed by atoms with E-state index < -0.39 is 43.5 Å². The van der Waals surface area contributed by atoms with Crippen LogP contribution in [0.15, 0.2) is 42.5 Å². The molecule has 0 aliphatic carbocycles. The first-order valence-corrected chi connectivity index (χ1v) is 18.2. The lowest BCUT2D eigenvalue weighted by Gasteiger charge is -2.32. The van der Waals surface area contributed by atoms with Crippen molar-refractivity contribution in [2.45, 2.75) is 82.1 Å². The van der Waals surface area contributed by atoms with Crippen LogP contribution in [0.1, 0.15) is 44.2 Å². The Labute approximate surface area is 257 Å². The zero-order valence-electron chi connectivity index (χ0n) is 24.9. The van der Waals surface area contributed by atoms with E-state index in [9.17, 15) is 29.4 Å². The fraction of sp³-hybridized carbons (Fsp3) is 0.516. The minimum absolute atomic E-state index is 0.00701. The Morgan fingerprint density at radius 1 is 1.21 bits per heavy atom. The van der Waals surface area contributed by atoms with Gasteiger partial charge >= 0.3 is 0 Å². The Kier molecular flexibility index (Phi) is 8.78. The number of amides is 3. The number of ether oxygens (including phenoxy) is 1. The second-order valence-electron chi connectivity index (χ2n) is 12.5. The molecule has 3 amide bonds. The number of benzene rings is 2. The molecule has 232 valence electrons. The highest BCUT2D eigenvalue weighted by Crippen LogP contribution is 2.60. The van der Waals surface area contributed by atoms with Crippen LogP contribution >= 0.6 is 11.6 Å². The molecule has 0 saturated carbocycles. The lowest BCUT2D eigenvalue weighted by Crippen LogP contribution is -2.46. The third-order valence-electron chi connectivity index (χ3n) is 9.17. The fourth-order valence-corrected chi connectivity index (χ4v) is 9.90. The van der Waals surface area contributed by atoms with Crippen LogP contribution in [0.4, 0.5) is 11.4 Å². The molecular weight excluding hydrogens is 590 g/mol. The molecule has 2 fully saturated rings. The Bertz CT molecular complexity index is 1400.